The highest BCUT2D eigenvalue weighted by atomic mass is 16.5. The molecule has 3 rings (SSSR count). The highest BCUT2D eigenvalue weighted by molar-refractivity contribution is 5.51. The highest BCUT2D eigenvalue weighted by Crippen LogP contribution is 2.20. The molecule has 1 N–H and O–H groups in total. The first-order valence-corrected chi connectivity index (χ1v) is 7.60. The molecule has 21 heavy (non-hydrogen) atoms. The van der Waals surface area contributed by atoms with E-state index >= 15 is 0 Å². The van der Waals surface area contributed by atoms with Gasteiger partial charge in [-0.25, -0.2) is 0 Å². The summed E-state index contributed by atoms with van der Waals surface area (Å²) < 4.78 is 5.35. The number of hydrogen-bond acceptors (Lipinski definition) is 5. The molecule has 1 aliphatic heterocycles. The maximum atomic E-state index is 5.35. The number of aromatic nitrogens is 2. The molecule has 5 nitrogen and oxygen atoms in total. The third-order valence-corrected chi connectivity index (χ3v) is 4.05. The van der Waals surface area contributed by atoms with Gasteiger partial charge in [0.05, 0.1) is 6.54 Å². The summed E-state index contributed by atoms with van der Waals surface area (Å²) in [6.07, 6.45) is 2.48. The molecule has 2 heterocycles. The second kappa shape index (κ2) is 6.83. The molecule has 1 aliphatic rings. The Bertz CT molecular complexity index is 546. The maximum Gasteiger partial charge on any atom is 0.257 e. The number of nitrogens with one attached hydrogen (secondary N) is 1. The van der Waals surface area contributed by atoms with Gasteiger partial charge in [0.15, 0.2) is 5.82 Å². The van der Waals surface area contributed by atoms with Gasteiger partial charge in [0, 0.05) is 5.56 Å². The van der Waals surface area contributed by atoms with Crippen molar-refractivity contribution in [3.8, 4) is 11.5 Å². The standard InChI is InChI=1S/C16H22N4O/c1-17-11-13-7-9-20(10-8-13)12-15-18-16(21-19-15)14-5-3-2-4-6-14/h2-6,13,17H,7-12H2,1H3. The van der Waals surface area contributed by atoms with Crippen molar-refractivity contribution in [2.45, 2.75) is 19.4 Å². The number of nitrogens with zero attached hydrogens (tertiary/aromatic N) is 3. The Morgan fingerprint density at radius 1 is 1.24 bits per heavy atom. The summed E-state index contributed by atoms with van der Waals surface area (Å²) in [5.41, 5.74) is 0.976. The Labute approximate surface area is 125 Å². The summed E-state index contributed by atoms with van der Waals surface area (Å²) in [7, 11) is 2.02. The highest BCUT2D eigenvalue weighted by Gasteiger charge is 2.20. The molecule has 1 fully saturated rings. The van der Waals surface area contributed by atoms with Crippen LogP contribution in [0.3, 0.4) is 0 Å². The molecule has 0 unspecified atom stereocenters. The molecule has 5 heteroatoms. The third kappa shape index (κ3) is 3.68. The van der Waals surface area contributed by atoms with Gasteiger partial charge < -0.3 is 9.84 Å². The minimum absolute atomic E-state index is 0.607. The minimum atomic E-state index is 0.607. The second-order valence-electron chi connectivity index (χ2n) is 5.66. The monoisotopic (exact) mass is 286 g/mol. The van der Waals surface area contributed by atoms with Crippen LogP contribution in [0, 0.1) is 5.92 Å². The van der Waals surface area contributed by atoms with Gasteiger partial charge in [-0.1, -0.05) is 23.4 Å². The van der Waals surface area contributed by atoms with Crippen LogP contribution in [0.1, 0.15) is 18.7 Å². The van der Waals surface area contributed by atoms with E-state index in [0.29, 0.717) is 5.89 Å². The molecule has 1 saturated heterocycles. The van der Waals surface area contributed by atoms with Crippen molar-refractivity contribution in [1.82, 2.24) is 20.4 Å². The largest absolute Gasteiger partial charge is 0.334 e. The van der Waals surface area contributed by atoms with Crippen molar-refractivity contribution in [2.24, 2.45) is 5.92 Å². The molecular weight excluding hydrogens is 264 g/mol. The predicted molar refractivity (Wildman–Crippen MR) is 81.7 cm³/mol. The molecule has 0 radical (unpaired) electrons. The van der Waals surface area contributed by atoms with E-state index in [0.717, 1.165) is 43.5 Å². The van der Waals surface area contributed by atoms with Crippen molar-refractivity contribution in [2.75, 3.05) is 26.7 Å². The SMILES string of the molecule is CNCC1CCN(Cc2noc(-c3ccccc3)n2)CC1. The van der Waals surface area contributed by atoms with E-state index < -0.39 is 0 Å². The minimum Gasteiger partial charge on any atom is -0.334 e. The van der Waals surface area contributed by atoms with Crippen LogP contribution in [-0.4, -0.2) is 41.7 Å². The Balaban J connectivity index is 1.56. The van der Waals surface area contributed by atoms with Crippen molar-refractivity contribution < 1.29 is 4.52 Å². The van der Waals surface area contributed by atoms with E-state index in [1.807, 2.05) is 37.4 Å². The first kappa shape index (κ1) is 14.2. The van der Waals surface area contributed by atoms with Crippen LogP contribution in [-0.2, 0) is 6.54 Å². The number of likely N-dealkylation sites (tertiary alicyclic amines) is 1. The zero-order chi connectivity index (χ0) is 14.5. The van der Waals surface area contributed by atoms with Gasteiger partial charge in [-0.3, -0.25) is 4.90 Å². The molecule has 0 spiro atoms. The number of rotatable bonds is 5. The Kier molecular flexibility index (Phi) is 4.62. The summed E-state index contributed by atoms with van der Waals surface area (Å²) in [5.74, 6) is 2.19. The van der Waals surface area contributed by atoms with Crippen LogP contribution < -0.4 is 5.32 Å². The second-order valence-corrected chi connectivity index (χ2v) is 5.66. The zero-order valence-electron chi connectivity index (χ0n) is 12.5. The van der Waals surface area contributed by atoms with Crippen molar-refractivity contribution in [1.29, 1.82) is 0 Å². The zero-order valence-corrected chi connectivity index (χ0v) is 12.5. The lowest BCUT2D eigenvalue weighted by atomic mass is 9.97. The number of hydrogen-bond donors (Lipinski definition) is 1. The van der Waals surface area contributed by atoms with Crippen LogP contribution in [0.4, 0.5) is 0 Å². The van der Waals surface area contributed by atoms with Gasteiger partial charge in [0.25, 0.3) is 5.89 Å². The van der Waals surface area contributed by atoms with Gasteiger partial charge in [0.2, 0.25) is 0 Å². The van der Waals surface area contributed by atoms with Crippen molar-refractivity contribution >= 4 is 0 Å². The first-order valence-electron chi connectivity index (χ1n) is 7.60. The molecule has 2 aromatic rings. The summed E-state index contributed by atoms with van der Waals surface area (Å²) in [5, 5.41) is 7.37. The molecule has 1 aromatic heterocycles. The Morgan fingerprint density at radius 3 is 2.71 bits per heavy atom. The van der Waals surface area contributed by atoms with E-state index in [1.165, 1.54) is 12.8 Å². The van der Waals surface area contributed by atoms with E-state index in [4.69, 9.17) is 4.52 Å². The quantitative estimate of drug-likeness (QED) is 0.913. The lowest BCUT2D eigenvalue weighted by Crippen LogP contribution is -2.36. The maximum absolute atomic E-state index is 5.35. The van der Waals surface area contributed by atoms with Crippen LogP contribution >= 0.6 is 0 Å². The van der Waals surface area contributed by atoms with Gasteiger partial charge in [-0.2, -0.15) is 4.98 Å². The van der Waals surface area contributed by atoms with Crippen LogP contribution in [0.2, 0.25) is 0 Å². The molecule has 0 amide bonds. The van der Waals surface area contributed by atoms with Crippen LogP contribution in [0.25, 0.3) is 11.5 Å². The van der Waals surface area contributed by atoms with Gasteiger partial charge in [0.1, 0.15) is 0 Å². The van der Waals surface area contributed by atoms with Gasteiger partial charge in [-0.15, -0.1) is 0 Å². The lowest BCUT2D eigenvalue weighted by Gasteiger charge is -2.30. The van der Waals surface area contributed by atoms with Gasteiger partial charge in [-0.05, 0) is 57.6 Å². The first-order chi connectivity index (χ1) is 10.3. The Morgan fingerprint density at radius 2 is 2.00 bits per heavy atom. The fourth-order valence-corrected chi connectivity index (χ4v) is 2.85. The molecular formula is C16H22N4O. The summed E-state index contributed by atoms with van der Waals surface area (Å²) >= 11 is 0. The van der Waals surface area contributed by atoms with Crippen molar-refractivity contribution in [3.05, 3.63) is 36.2 Å². The average Bonchev–Trinajstić information content (AvgIpc) is 2.99. The van der Waals surface area contributed by atoms with Crippen molar-refractivity contribution in [3.63, 3.8) is 0 Å². The topological polar surface area (TPSA) is 54.2 Å². The van der Waals surface area contributed by atoms with E-state index in [9.17, 15) is 0 Å². The van der Waals surface area contributed by atoms with Crippen LogP contribution in [0.5, 0.6) is 0 Å². The van der Waals surface area contributed by atoms with Gasteiger partial charge >= 0.3 is 0 Å². The predicted octanol–water partition coefficient (Wildman–Crippen LogP) is 2.17. The molecule has 0 aliphatic carbocycles. The van der Waals surface area contributed by atoms with E-state index in [-0.39, 0.29) is 0 Å². The summed E-state index contributed by atoms with van der Waals surface area (Å²) in [6.45, 7) is 4.12. The van der Waals surface area contributed by atoms with E-state index in [2.05, 4.69) is 20.4 Å². The molecule has 1 aromatic carbocycles. The lowest BCUT2D eigenvalue weighted by molar-refractivity contribution is 0.171. The average molecular weight is 286 g/mol. The molecule has 0 bridgehead atoms. The fourth-order valence-electron chi connectivity index (χ4n) is 2.85. The fraction of sp³-hybridized carbons (Fsp3) is 0.500. The molecule has 0 atom stereocenters. The third-order valence-electron chi connectivity index (χ3n) is 4.05. The van der Waals surface area contributed by atoms with Crippen LogP contribution in [0.15, 0.2) is 34.9 Å². The molecule has 112 valence electrons. The summed E-state index contributed by atoms with van der Waals surface area (Å²) in [4.78, 5) is 6.91. The number of benzene rings is 1. The molecule has 0 saturated carbocycles. The normalized spacial score (nSPS) is 17.2. The smallest absolute Gasteiger partial charge is 0.257 e. The summed E-state index contributed by atoms with van der Waals surface area (Å²) in [6, 6.07) is 9.91. The Hall–Kier alpha value is -1.72. The van der Waals surface area contributed by atoms with E-state index in [1.54, 1.807) is 0 Å². The number of piperidine rings is 1.